The molecule has 1 saturated heterocycles. The minimum absolute atomic E-state index is 0.0748. The molecule has 1 fully saturated rings. The van der Waals surface area contributed by atoms with Gasteiger partial charge in [-0.2, -0.15) is 0 Å². The number of morpholine rings is 1. The average molecular weight is 252 g/mol. The summed E-state index contributed by atoms with van der Waals surface area (Å²) in [7, 11) is 0. The van der Waals surface area contributed by atoms with Crippen molar-refractivity contribution in [2.24, 2.45) is 0 Å². The fourth-order valence-electron chi connectivity index (χ4n) is 2.18. The predicted octanol–water partition coefficient (Wildman–Crippen LogP) is 0.923. The number of amides is 1. The summed E-state index contributed by atoms with van der Waals surface area (Å²) in [4.78, 5) is 12.1. The maximum Gasteiger partial charge on any atom is 0.255 e. The van der Waals surface area contributed by atoms with Crippen LogP contribution in [0.2, 0.25) is 0 Å². The Labute approximate surface area is 107 Å². The molecule has 1 unspecified atom stereocenters. The molecule has 100 valence electrons. The SMILES string of the molecule is Cc1oc(C)c(C(=O)NCC2COCCN2)c1C. The molecule has 1 aliphatic heterocycles. The van der Waals surface area contributed by atoms with Gasteiger partial charge in [0.2, 0.25) is 0 Å². The second-order valence-electron chi connectivity index (χ2n) is 4.65. The summed E-state index contributed by atoms with van der Waals surface area (Å²) in [5.41, 5.74) is 1.57. The Morgan fingerprint density at radius 3 is 2.72 bits per heavy atom. The third-order valence-electron chi connectivity index (χ3n) is 3.30. The molecule has 2 heterocycles. The van der Waals surface area contributed by atoms with E-state index in [0.717, 1.165) is 24.5 Å². The lowest BCUT2D eigenvalue weighted by molar-refractivity contribution is 0.0734. The topological polar surface area (TPSA) is 63.5 Å². The van der Waals surface area contributed by atoms with Gasteiger partial charge < -0.3 is 19.8 Å². The molecule has 1 aromatic heterocycles. The van der Waals surface area contributed by atoms with E-state index >= 15 is 0 Å². The molecule has 0 spiro atoms. The van der Waals surface area contributed by atoms with Gasteiger partial charge in [-0.15, -0.1) is 0 Å². The van der Waals surface area contributed by atoms with Crippen molar-refractivity contribution in [1.82, 2.24) is 10.6 Å². The van der Waals surface area contributed by atoms with Crippen LogP contribution in [0.4, 0.5) is 0 Å². The third kappa shape index (κ3) is 2.73. The van der Waals surface area contributed by atoms with Crippen LogP contribution in [0.3, 0.4) is 0 Å². The highest BCUT2D eigenvalue weighted by Gasteiger charge is 2.20. The first-order valence-electron chi connectivity index (χ1n) is 6.25. The predicted molar refractivity (Wildman–Crippen MR) is 67.9 cm³/mol. The fraction of sp³-hybridized carbons (Fsp3) is 0.615. The Bertz CT molecular complexity index is 434. The molecule has 1 atom stereocenters. The van der Waals surface area contributed by atoms with E-state index in [4.69, 9.17) is 9.15 Å². The summed E-state index contributed by atoms with van der Waals surface area (Å²) in [5, 5.41) is 6.22. The smallest absolute Gasteiger partial charge is 0.255 e. The van der Waals surface area contributed by atoms with Gasteiger partial charge in [-0.25, -0.2) is 0 Å². The summed E-state index contributed by atoms with van der Waals surface area (Å²) in [6.45, 7) is 8.38. The number of carbonyl (C=O) groups excluding carboxylic acids is 1. The zero-order valence-corrected chi connectivity index (χ0v) is 11.1. The van der Waals surface area contributed by atoms with Crippen LogP contribution in [-0.4, -0.2) is 38.3 Å². The van der Waals surface area contributed by atoms with Gasteiger partial charge in [0.05, 0.1) is 18.8 Å². The number of aryl methyl sites for hydroxylation is 2. The monoisotopic (exact) mass is 252 g/mol. The van der Waals surface area contributed by atoms with Crippen molar-refractivity contribution in [3.8, 4) is 0 Å². The largest absolute Gasteiger partial charge is 0.466 e. The van der Waals surface area contributed by atoms with Crippen molar-refractivity contribution in [2.75, 3.05) is 26.3 Å². The van der Waals surface area contributed by atoms with Crippen molar-refractivity contribution >= 4 is 5.91 Å². The second kappa shape index (κ2) is 5.54. The first-order valence-corrected chi connectivity index (χ1v) is 6.25. The van der Waals surface area contributed by atoms with E-state index in [1.165, 1.54) is 0 Å². The Kier molecular flexibility index (Phi) is 4.04. The van der Waals surface area contributed by atoms with E-state index in [9.17, 15) is 4.79 Å². The van der Waals surface area contributed by atoms with E-state index in [0.29, 0.717) is 24.5 Å². The van der Waals surface area contributed by atoms with Gasteiger partial charge >= 0.3 is 0 Å². The normalized spacial score (nSPS) is 19.8. The van der Waals surface area contributed by atoms with E-state index in [2.05, 4.69) is 10.6 Å². The average Bonchev–Trinajstić information content (AvgIpc) is 2.62. The van der Waals surface area contributed by atoms with Gasteiger partial charge in [0, 0.05) is 24.7 Å². The zero-order valence-electron chi connectivity index (χ0n) is 11.1. The summed E-state index contributed by atoms with van der Waals surface area (Å²) in [6.07, 6.45) is 0. The zero-order chi connectivity index (χ0) is 13.1. The maximum absolute atomic E-state index is 12.1. The lowest BCUT2D eigenvalue weighted by Gasteiger charge is -2.23. The van der Waals surface area contributed by atoms with Gasteiger partial charge in [0.25, 0.3) is 5.91 Å². The summed E-state index contributed by atoms with van der Waals surface area (Å²) in [6, 6.07) is 0.191. The van der Waals surface area contributed by atoms with Crippen LogP contribution in [0.15, 0.2) is 4.42 Å². The van der Waals surface area contributed by atoms with Crippen molar-refractivity contribution < 1.29 is 13.9 Å². The van der Waals surface area contributed by atoms with E-state index < -0.39 is 0 Å². The summed E-state index contributed by atoms with van der Waals surface area (Å²) < 4.78 is 10.8. The summed E-state index contributed by atoms with van der Waals surface area (Å²) in [5.74, 6) is 1.40. The molecule has 2 rings (SSSR count). The molecule has 5 nitrogen and oxygen atoms in total. The minimum atomic E-state index is -0.0748. The van der Waals surface area contributed by atoms with Gasteiger partial charge in [0.1, 0.15) is 11.5 Å². The Balaban J connectivity index is 1.95. The van der Waals surface area contributed by atoms with E-state index in [1.807, 2.05) is 20.8 Å². The van der Waals surface area contributed by atoms with Crippen LogP contribution in [-0.2, 0) is 4.74 Å². The highest BCUT2D eigenvalue weighted by atomic mass is 16.5. The molecule has 0 radical (unpaired) electrons. The van der Waals surface area contributed by atoms with Crippen molar-refractivity contribution in [1.29, 1.82) is 0 Å². The Morgan fingerprint density at radius 1 is 1.39 bits per heavy atom. The van der Waals surface area contributed by atoms with Gasteiger partial charge in [0.15, 0.2) is 0 Å². The van der Waals surface area contributed by atoms with Crippen LogP contribution in [0.1, 0.15) is 27.4 Å². The van der Waals surface area contributed by atoms with Crippen molar-refractivity contribution in [3.63, 3.8) is 0 Å². The molecular formula is C13H20N2O3. The summed E-state index contributed by atoms with van der Waals surface area (Å²) >= 11 is 0. The van der Waals surface area contributed by atoms with Crippen molar-refractivity contribution in [3.05, 3.63) is 22.6 Å². The number of furan rings is 1. The van der Waals surface area contributed by atoms with Gasteiger partial charge in [-0.1, -0.05) is 0 Å². The Morgan fingerprint density at radius 2 is 2.17 bits per heavy atom. The quantitative estimate of drug-likeness (QED) is 0.840. The number of carbonyl (C=O) groups is 1. The minimum Gasteiger partial charge on any atom is -0.466 e. The number of rotatable bonds is 3. The van der Waals surface area contributed by atoms with E-state index in [1.54, 1.807) is 0 Å². The molecule has 0 aliphatic carbocycles. The highest BCUT2D eigenvalue weighted by Crippen LogP contribution is 2.20. The molecule has 1 amide bonds. The molecule has 0 bridgehead atoms. The second-order valence-corrected chi connectivity index (χ2v) is 4.65. The molecule has 5 heteroatoms. The Hall–Kier alpha value is -1.33. The molecule has 18 heavy (non-hydrogen) atoms. The molecule has 1 aromatic rings. The molecule has 0 aromatic carbocycles. The first-order chi connectivity index (χ1) is 8.59. The fourth-order valence-corrected chi connectivity index (χ4v) is 2.18. The number of hydrogen-bond donors (Lipinski definition) is 2. The van der Waals surface area contributed by atoms with Crippen LogP contribution >= 0.6 is 0 Å². The lowest BCUT2D eigenvalue weighted by Crippen LogP contribution is -2.48. The van der Waals surface area contributed by atoms with Crippen molar-refractivity contribution in [2.45, 2.75) is 26.8 Å². The molecule has 2 N–H and O–H groups in total. The van der Waals surface area contributed by atoms with Crippen LogP contribution < -0.4 is 10.6 Å². The standard InChI is InChI=1S/C13H20N2O3/c1-8-9(2)18-10(3)12(8)13(16)15-6-11-7-17-5-4-14-11/h11,14H,4-7H2,1-3H3,(H,15,16). The molecule has 1 aliphatic rings. The molecule has 0 saturated carbocycles. The third-order valence-corrected chi connectivity index (χ3v) is 3.30. The van der Waals surface area contributed by atoms with E-state index in [-0.39, 0.29) is 11.9 Å². The number of nitrogens with one attached hydrogen (secondary N) is 2. The molecular weight excluding hydrogens is 232 g/mol. The van der Waals surface area contributed by atoms with Gasteiger partial charge in [-0.05, 0) is 20.8 Å². The lowest BCUT2D eigenvalue weighted by atomic mass is 10.1. The highest BCUT2D eigenvalue weighted by molar-refractivity contribution is 5.96. The van der Waals surface area contributed by atoms with Crippen LogP contribution in [0.5, 0.6) is 0 Å². The van der Waals surface area contributed by atoms with Gasteiger partial charge in [-0.3, -0.25) is 4.79 Å². The number of hydrogen-bond acceptors (Lipinski definition) is 4. The van der Waals surface area contributed by atoms with Crippen LogP contribution in [0.25, 0.3) is 0 Å². The first kappa shape index (κ1) is 13.1. The van der Waals surface area contributed by atoms with Crippen LogP contribution in [0, 0.1) is 20.8 Å². The number of ether oxygens (including phenoxy) is 1. The maximum atomic E-state index is 12.1.